The number of benzene rings is 2. The molecule has 0 radical (unpaired) electrons. The van der Waals surface area contributed by atoms with Gasteiger partial charge in [-0.2, -0.15) is 4.31 Å². The number of carbonyl (C=O) groups is 1. The first-order valence-electron chi connectivity index (χ1n) is 11.0. The molecule has 0 unspecified atom stereocenters. The van der Waals surface area contributed by atoms with Crippen LogP contribution in [0.4, 0.5) is 0 Å². The van der Waals surface area contributed by atoms with Crippen LogP contribution >= 0.6 is 0 Å². The lowest BCUT2D eigenvalue weighted by Gasteiger charge is -2.26. The van der Waals surface area contributed by atoms with Crippen LogP contribution in [0.5, 0.6) is 0 Å². The average molecular weight is 494 g/mol. The second-order valence-electron chi connectivity index (χ2n) is 8.48. The maximum Gasteiger partial charge on any atom is 0.251 e. The standard InChI is InChI=1S/C23H31N3O5S2/c1-18(2)25-32(28,29)17-21-10-5-4-9-20(21)16-24-23(27)19-11-8-12-22(15-19)33(30,31)26-13-6-3-7-14-26/h4-5,8-12,15,18,25H,3,6-7,13-14,16-17H2,1-2H3,(H,24,27). The lowest BCUT2D eigenvalue weighted by Crippen LogP contribution is -2.35. The van der Waals surface area contributed by atoms with Crippen molar-refractivity contribution >= 4 is 26.0 Å². The molecule has 1 amide bonds. The Morgan fingerprint density at radius 1 is 0.939 bits per heavy atom. The SMILES string of the molecule is CC(C)NS(=O)(=O)Cc1ccccc1CNC(=O)c1cccc(S(=O)(=O)N2CCCCC2)c1. The van der Waals surface area contributed by atoms with Gasteiger partial charge >= 0.3 is 0 Å². The summed E-state index contributed by atoms with van der Waals surface area (Å²) in [6, 6.07) is 12.8. The van der Waals surface area contributed by atoms with Gasteiger partial charge in [-0.1, -0.05) is 36.8 Å². The molecule has 2 aromatic carbocycles. The predicted molar refractivity (Wildman–Crippen MR) is 128 cm³/mol. The van der Waals surface area contributed by atoms with Gasteiger partial charge in [0.25, 0.3) is 5.91 Å². The van der Waals surface area contributed by atoms with Gasteiger partial charge in [-0.05, 0) is 56.0 Å². The van der Waals surface area contributed by atoms with E-state index >= 15 is 0 Å². The van der Waals surface area contributed by atoms with Crippen molar-refractivity contribution in [1.82, 2.24) is 14.3 Å². The van der Waals surface area contributed by atoms with Crippen LogP contribution in [-0.2, 0) is 32.3 Å². The van der Waals surface area contributed by atoms with E-state index in [1.807, 2.05) is 0 Å². The van der Waals surface area contributed by atoms with Gasteiger partial charge in [0.2, 0.25) is 20.0 Å². The molecular weight excluding hydrogens is 462 g/mol. The van der Waals surface area contributed by atoms with Gasteiger partial charge in [0.15, 0.2) is 0 Å². The van der Waals surface area contributed by atoms with Crippen LogP contribution in [0.2, 0.25) is 0 Å². The van der Waals surface area contributed by atoms with Crippen LogP contribution in [-0.4, -0.2) is 46.2 Å². The van der Waals surface area contributed by atoms with Gasteiger partial charge in [0.1, 0.15) is 0 Å². The molecule has 0 aromatic heterocycles. The Labute approximate surface area is 196 Å². The summed E-state index contributed by atoms with van der Waals surface area (Å²) in [7, 11) is -7.16. The normalized spacial score (nSPS) is 15.5. The minimum atomic E-state index is -3.64. The number of carbonyl (C=O) groups excluding carboxylic acids is 1. The van der Waals surface area contributed by atoms with Crippen LogP contribution < -0.4 is 10.0 Å². The van der Waals surface area contributed by atoms with E-state index < -0.39 is 26.0 Å². The van der Waals surface area contributed by atoms with E-state index in [4.69, 9.17) is 0 Å². The zero-order valence-corrected chi connectivity index (χ0v) is 20.6. The molecule has 2 aromatic rings. The van der Waals surface area contributed by atoms with E-state index in [0.29, 0.717) is 24.2 Å². The number of nitrogens with one attached hydrogen (secondary N) is 2. The highest BCUT2D eigenvalue weighted by molar-refractivity contribution is 7.89. The number of nitrogens with zero attached hydrogens (tertiary/aromatic N) is 1. The molecule has 3 rings (SSSR count). The highest BCUT2D eigenvalue weighted by Gasteiger charge is 2.26. The van der Waals surface area contributed by atoms with Crippen molar-refractivity contribution in [2.24, 2.45) is 0 Å². The topological polar surface area (TPSA) is 113 Å². The Hall–Kier alpha value is -2.27. The van der Waals surface area contributed by atoms with Crippen molar-refractivity contribution < 1.29 is 21.6 Å². The van der Waals surface area contributed by atoms with Crippen LogP contribution in [0.1, 0.15) is 54.6 Å². The quantitative estimate of drug-likeness (QED) is 0.558. The molecule has 0 saturated carbocycles. The number of piperidine rings is 1. The fourth-order valence-corrected chi connectivity index (χ4v) is 6.86. The van der Waals surface area contributed by atoms with E-state index in [9.17, 15) is 21.6 Å². The molecule has 1 aliphatic heterocycles. The van der Waals surface area contributed by atoms with Gasteiger partial charge in [0.05, 0.1) is 10.6 Å². The van der Waals surface area contributed by atoms with Gasteiger partial charge in [0, 0.05) is 31.2 Å². The largest absolute Gasteiger partial charge is 0.348 e. The summed E-state index contributed by atoms with van der Waals surface area (Å²) in [5.41, 5.74) is 1.50. The highest BCUT2D eigenvalue weighted by Crippen LogP contribution is 2.21. The molecule has 1 fully saturated rings. The monoisotopic (exact) mass is 493 g/mol. The second-order valence-corrected chi connectivity index (χ2v) is 12.2. The molecular formula is C23H31N3O5S2. The zero-order chi connectivity index (χ0) is 24.1. The van der Waals surface area contributed by atoms with Crippen molar-refractivity contribution in [3.63, 3.8) is 0 Å². The number of amides is 1. The minimum Gasteiger partial charge on any atom is -0.348 e. The van der Waals surface area contributed by atoms with E-state index in [2.05, 4.69) is 10.0 Å². The Kier molecular flexibility index (Phi) is 8.28. The van der Waals surface area contributed by atoms with Crippen LogP contribution in [0.15, 0.2) is 53.4 Å². The first-order valence-corrected chi connectivity index (χ1v) is 14.1. The van der Waals surface area contributed by atoms with Crippen LogP contribution in [0.25, 0.3) is 0 Å². The third-order valence-electron chi connectivity index (χ3n) is 5.37. The summed E-state index contributed by atoms with van der Waals surface area (Å²) in [6.07, 6.45) is 2.69. The molecule has 0 atom stereocenters. The summed E-state index contributed by atoms with van der Waals surface area (Å²) in [5, 5.41) is 2.78. The molecule has 10 heteroatoms. The lowest BCUT2D eigenvalue weighted by atomic mass is 10.1. The molecule has 0 aliphatic carbocycles. The molecule has 0 bridgehead atoms. The Morgan fingerprint density at radius 3 is 2.27 bits per heavy atom. The molecule has 0 spiro atoms. The summed E-state index contributed by atoms with van der Waals surface area (Å²) in [4.78, 5) is 12.9. The van der Waals surface area contributed by atoms with Gasteiger partial charge in [-0.15, -0.1) is 0 Å². The first kappa shape index (κ1) is 25.4. The predicted octanol–water partition coefficient (Wildman–Crippen LogP) is 2.62. The van der Waals surface area contributed by atoms with Crippen molar-refractivity contribution in [3.8, 4) is 0 Å². The maximum absolute atomic E-state index is 12.9. The van der Waals surface area contributed by atoms with Crippen LogP contribution in [0.3, 0.4) is 0 Å². The number of rotatable bonds is 9. The number of hydrogen-bond acceptors (Lipinski definition) is 5. The van der Waals surface area contributed by atoms with Gasteiger partial charge < -0.3 is 5.32 Å². The van der Waals surface area contributed by atoms with Gasteiger partial charge in [-0.25, -0.2) is 21.6 Å². The molecule has 180 valence electrons. The number of sulfonamides is 2. The lowest BCUT2D eigenvalue weighted by molar-refractivity contribution is 0.0950. The zero-order valence-electron chi connectivity index (χ0n) is 19.0. The average Bonchev–Trinajstić information content (AvgIpc) is 2.78. The Bertz CT molecular complexity index is 1190. The molecule has 1 heterocycles. The van der Waals surface area contributed by atoms with Crippen LogP contribution in [0, 0.1) is 0 Å². The summed E-state index contributed by atoms with van der Waals surface area (Å²) < 4.78 is 54.5. The highest BCUT2D eigenvalue weighted by atomic mass is 32.2. The van der Waals surface area contributed by atoms with Crippen molar-refractivity contribution in [1.29, 1.82) is 0 Å². The second kappa shape index (κ2) is 10.8. The van der Waals surface area contributed by atoms with Crippen molar-refractivity contribution in [2.45, 2.75) is 56.3 Å². The van der Waals surface area contributed by atoms with E-state index in [-0.39, 0.29) is 28.8 Å². The minimum absolute atomic E-state index is 0.100. The molecule has 8 nitrogen and oxygen atoms in total. The Balaban J connectivity index is 1.72. The smallest absolute Gasteiger partial charge is 0.251 e. The Morgan fingerprint density at radius 2 is 1.61 bits per heavy atom. The third kappa shape index (κ3) is 6.86. The summed E-state index contributed by atoms with van der Waals surface area (Å²) in [5.74, 6) is -0.621. The third-order valence-corrected chi connectivity index (χ3v) is 8.78. The van der Waals surface area contributed by atoms with E-state index in [0.717, 1.165) is 19.3 Å². The van der Waals surface area contributed by atoms with E-state index in [1.54, 1.807) is 50.2 Å². The molecule has 33 heavy (non-hydrogen) atoms. The fourth-order valence-electron chi connectivity index (χ4n) is 3.81. The van der Waals surface area contributed by atoms with Crippen molar-refractivity contribution in [2.75, 3.05) is 13.1 Å². The fraction of sp³-hybridized carbons (Fsp3) is 0.435. The summed E-state index contributed by atoms with van der Waals surface area (Å²) in [6.45, 7) is 4.61. The maximum atomic E-state index is 12.9. The number of hydrogen-bond donors (Lipinski definition) is 2. The summed E-state index contributed by atoms with van der Waals surface area (Å²) >= 11 is 0. The van der Waals surface area contributed by atoms with Crippen molar-refractivity contribution in [3.05, 3.63) is 65.2 Å². The van der Waals surface area contributed by atoms with Gasteiger partial charge in [-0.3, -0.25) is 4.79 Å². The first-order chi connectivity index (χ1) is 15.6. The van der Waals surface area contributed by atoms with E-state index in [1.165, 1.54) is 16.4 Å². The molecule has 1 aliphatic rings. The molecule has 2 N–H and O–H groups in total. The molecule has 1 saturated heterocycles.